The van der Waals surface area contributed by atoms with Gasteiger partial charge in [-0.05, 0) is 46.9 Å². The van der Waals surface area contributed by atoms with E-state index < -0.39 is 0 Å². The molecule has 0 aliphatic heterocycles. The summed E-state index contributed by atoms with van der Waals surface area (Å²) in [5.74, 6) is 1.51. The first-order valence-corrected chi connectivity index (χ1v) is 5.74. The molecule has 4 heteroatoms. The Morgan fingerprint density at radius 1 is 1.13 bits per heavy atom. The number of hydrogen-bond acceptors (Lipinski definition) is 2. The van der Waals surface area contributed by atoms with Crippen molar-refractivity contribution in [3.8, 4) is 11.5 Å². The Kier molecular flexibility index (Phi) is 3.43. The smallest absolute Gasteiger partial charge is 0.142 e. The molecule has 0 atom stereocenters. The number of benzene rings is 1. The fraction of sp³-hybridized carbons (Fsp3) is 0. The lowest BCUT2D eigenvalue weighted by Gasteiger charge is -2.07. The van der Waals surface area contributed by atoms with E-state index in [1.165, 1.54) is 0 Å². The molecule has 0 saturated heterocycles. The van der Waals surface area contributed by atoms with Crippen LogP contribution in [0.15, 0.2) is 42.7 Å². The zero-order valence-corrected chi connectivity index (χ0v) is 10.6. The second-order valence-electron chi connectivity index (χ2n) is 2.86. The zero-order chi connectivity index (χ0) is 10.7. The minimum Gasteiger partial charge on any atom is -0.456 e. The predicted molar refractivity (Wildman–Crippen MR) is 68.5 cm³/mol. The SMILES string of the molecule is Clc1ccc(I)c(Oc2ccncc2)c1. The molecule has 0 N–H and O–H groups in total. The molecule has 15 heavy (non-hydrogen) atoms. The maximum Gasteiger partial charge on any atom is 0.142 e. The quantitative estimate of drug-likeness (QED) is 0.772. The van der Waals surface area contributed by atoms with Crippen LogP contribution in [-0.4, -0.2) is 4.98 Å². The van der Waals surface area contributed by atoms with Crippen LogP contribution in [0.25, 0.3) is 0 Å². The Labute approximate surface area is 106 Å². The molecule has 76 valence electrons. The normalized spacial score (nSPS) is 10.0. The predicted octanol–water partition coefficient (Wildman–Crippen LogP) is 4.13. The number of aromatic nitrogens is 1. The van der Waals surface area contributed by atoms with Crippen LogP contribution in [0.2, 0.25) is 5.02 Å². The Bertz CT molecular complexity index is 461. The average molecular weight is 332 g/mol. The van der Waals surface area contributed by atoms with E-state index in [2.05, 4.69) is 27.6 Å². The molecule has 0 amide bonds. The maximum atomic E-state index is 5.89. The minimum atomic E-state index is 0.666. The van der Waals surface area contributed by atoms with E-state index in [4.69, 9.17) is 16.3 Å². The molecule has 0 fully saturated rings. The number of rotatable bonds is 2. The van der Waals surface area contributed by atoms with Gasteiger partial charge in [-0.2, -0.15) is 0 Å². The molecule has 0 aliphatic carbocycles. The number of hydrogen-bond donors (Lipinski definition) is 0. The molecule has 1 heterocycles. The summed E-state index contributed by atoms with van der Waals surface area (Å²) in [5.41, 5.74) is 0. The van der Waals surface area contributed by atoms with Gasteiger partial charge in [0.1, 0.15) is 11.5 Å². The van der Waals surface area contributed by atoms with Gasteiger partial charge in [-0.3, -0.25) is 4.98 Å². The van der Waals surface area contributed by atoms with Crippen LogP contribution in [0.5, 0.6) is 11.5 Å². The van der Waals surface area contributed by atoms with Gasteiger partial charge in [0, 0.05) is 23.5 Å². The summed E-state index contributed by atoms with van der Waals surface area (Å²) < 4.78 is 6.68. The third kappa shape index (κ3) is 2.82. The van der Waals surface area contributed by atoms with E-state index in [9.17, 15) is 0 Å². The van der Waals surface area contributed by atoms with Crippen molar-refractivity contribution in [1.29, 1.82) is 0 Å². The highest BCUT2D eigenvalue weighted by Crippen LogP contribution is 2.28. The monoisotopic (exact) mass is 331 g/mol. The number of pyridine rings is 1. The molecule has 2 aromatic rings. The molecule has 0 spiro atoms. The van der Waals surface area contributed by atoms with Crippen LogP contribution in [0.3, 0.4) is 0 Å². The first-order valence-electron chi connectivity index (χ1n) is 4.28. The van der Waals surface area contributed by atoms with Crippen LogP contribution < -0.4 is 4.74 Å². The number of halogens is 2. The van der Waals surface area contributed by atoms with Crippen molar-refractivity contribution < 1.29 is 4.74 Å². The van der Waals surface area contributed by atoms with Crippen molar-refractivity contribution in [3.05, 3.63) is 51.3 Å². The van der Waals surface area contributed by atoms with Crippen molar-refractivity contribution in [1.82, 2.24) is 4.98 Å². The van der Waals surface area contributed by atoms with E-state index in [-0.39, 0.29) is 0 Å². The van der Waals surface area contributed by atoms with Gasteiger partial charge < -0.3 is 4.74 Å². The zero-order valence-electron chi connectivity index (χ0n) is 7.65. The highest BCUT2D eigenvalue weighted by atomic mass is 127. The van der Waals surface area contributed by atoms with Gasteiger partial charge in [-0.15, -0.1) is 0 Å². The molecule has 0 unspecified atom stereocenters. The van der Waals surface area contributed by atoms with Crippen molar-refractivity contribution in [3.63, 3.8) is 0 Å². The largest absolute Gasteiger partial charge is 0.456 e. The standard InChI is InChI=1S/C11H7ClINO/c12-8-1-2-10(13)11(7-8)15-9-3-5-14-6-4-9/h1-7H. The molecule has 0 aliphatic rings. The molecule has 0 saturated carbocycles. The van der Waals surface area contributed by atoms with Crippen molar-refractivity contribution >= 4 is 34.2 Å². The van der Waals surface area contributed by atoms with E-state index in [1.807, 2.05) is 12.1 Å². The molecule has 1 aromatic heterocycles. The lowest BCUT2D eigenvalue weighted by atomic mass is 10.3. The van der Waals surface area contributed by atoms with Gasteiger partial charge in [-0.1, -0.05) is 11.6 Å². The summed E-state index contributed by atoms with van der Waals surface area (Å²) in [4.78, 5) is 3.92. The first-order chi connectivity index (χ1) is 7.25. The van der Waals surface area contributed by atoms with Crippen LogP contribution in [0.1, 0.15) is 0 Å². The molecular formula is C11H7ClINO. The molecule has 2 rings (SSSR count). The fourth-order valence-corrected chi connectivity index (χ4v) is 1.70. The highest BCUT2D eigenvalue weighted by molar-refractivity contribution is 14.1. The Morgan fingerprint density at radius 3 is 2.60 bits per heavy atom. The van der Waals surface area contributed by atoms with Gasteiger partial charge >= 0.3 is 0 Å². The minimum absolute atomic E-state index is 0.666. The van der Waals surface area contributed by atoms with Crippen molar-refractivity contribution in [2.75, 3.05) is 0 Å². The highest BCUT2D eigenvalue weighted by Gasteiger charge is 2.02. The van der Waals surface area contributed by atoms with Crippen LogP contribution in [-0.2, 0) is 0 Å². The summed E-state index contributed by atoms with van der Waals surface area (Å²) in [6.07, 6.45) is 3.37. The summed E-state index contributed by atoms with van der Waals surface area (Å²) >= 11 is 8.09. The Hall–Kier alpha value is -0.810. The summed E-state index contributed by atoms with van der Waals surface area (Å²) in [6, 6.07) is 9.15. The van der Waals surface area contributed by atoms with E-state index in [0.717, 1.165) is 15.1 Å². The molecule has 2 nitrogen and oxygen atoms in total. The second kappa shape index (κ2) is 4.81. The summed E-state index contributed by atoms with van der Waals surface area (Å²) in [7, 11) is 0. The third-order valence-corrected chi connectivity index (χ3v) is 2.90. The number of nitrogens with zero attached hydrogens (tertiary/aromatic N) is 1. The van der Waals surface area contributed by atoms with Crippen molar-refractivity contribution in [2.24, 2.45) is 0 Å². The van der Waals surface area contributed by atoms with Crippen LogP contribution in [0.4, 0.5) is 0 Å². The van der Waals surface area contributed by atoms with Gasteiger partial charge in [0.2, 0.25) is 0 Å². The van der Waals surface area contributed by atoms with Gasteiger partial charge in [0.15, 0.2) is 0 Å². The topological polar surface area (TPSA) is 22.1 Å². The fourth-order valence-electron chi connectivity index (χ4n) is 1.09. The molecule has 0 bridgehead atoms. The maximum absolute atomic E-state index is 5.89. The second-order valence-corrected chi connectivity index (χ2v) is 4.46. The van der Waals surface area contributed by atoms with Gasteiger partial charge in [0.25, 0.3) is 0 Å². The van der Waals surface area contributed by atoms with Gasteiger partial charge in [-0.25, -0.2) is 0 Å². The summed E-state index contributed by atoms with van der Waals surface area (Å²) in [6.45, 7) is 0. The third-order valence-electron chi connectivity index (χ3n) is 1.77. The number of ether oxygens (including phenoxy) is 1. The van der Waals surface area contributed by atoms with Gasteiger partial charge in [0.05, 0.1) is 3.57 Å². The summed E-state index contributed by atoms with van der Waals surface area (Å²) in [5, 5.41) is 0.666. The molecule has 0 radical (unpaired) electrons. The molecular weight excluding hydrogens is 324 g/mol. The van der Waals surface area contributed by atoms with E-state index >= 15 is 0 Å². The van der Waals surface area contributed by atoms with Crippen LogP contribution in [0, 0.1) is 3.57 Å². The Morgan fingerprint density at radius 2 is 1.87 bits per heavy atom. The average Bonchev–Trinajstić information content (AvgIpc) is 2.25. The van der Waals surface area contributed by atoms with Crippen LogP contribution >= 0.6 is 34.2 Å². The lowest BCUT2D eigenvalue weighted by Crippen LogP contribution is -1.87. The van der Waals surface area contributed by atoms with E-state index in [0.29, 0.717) is 5.02 Å². The first kappa shape index (κ1) is 10.7. The van der Waals surface area contributed by atoms with Crippen molar-refractivity contribution in [2.45, 2.75) is 0 Å². The van der Waals surface area contributed by atoms with E-state index in [1.54, 1.807) is 30.6 Å². The molecule has 1 aromatic carbocycles. The Balaban J connectivity index is 2.28. The lowest BCUT2D eigenvalue weighted by molar-refractivity contribution is 0.478.